The van der Waals surface area contributed by atoms with E-state index in [-0.39, 0.29) is 18.1 Å². The number of ether oxygens (including phenoxy) is 2. The lowest BCUT2D eigenvalue weighted by Gasteiger charge is -2.38. The number of carbonyl (C=O) groups excluding carboxylic acids is 1. The normalized spacial score (nSPS) is 19.6. The molecule has 0 radical (unpaired) electrons. The number of carboxylic acids is 1. The summed E-state index contributed by atoms with van der Waals surface area (Å²) in [6, 6.07) is 13.9. The third-order valence-electron chi connectivity index (χ3n) is 4.36. The van der Waals surface area contributed by atoms with E-state index < -0.39 is 12.6 Å². The molecule has 1 N–H and O–H groups in total. The Bertz CT molecular complexity index is 841. The highest BCUT2D eigenvalue weighted by molar-refractivity contribution is 6.30. The second-order valence-corrected chi connectivity index (χ2v) is 6.83. The summed E-state index contributed by atoms with van der Waals surface area (Å²) in [6.07, 6.45) is -0.254. The lowest BCUT2D eigenvalue weighted by Crippen LogP contribution is -2.48. The van der Waals surface area contributed by atoms with Gasteiger partial charge in [0, 0.05) is 10.6 Å². The molecule has 142 valence electrons. The van der Waals surface area contributed by atoms with Crippen molar-refractivity contribution in [2.45, 2.75) is 19.1 Å². The average molecular weight is 390 g/mol. The van der Waals surface area contributed by atoms with E-state index in [1.165, 1.54) is 0 Å². The smallest absolute Gasteiger partial charge is 0.341 e. The third-order valence-corrected chi connectivity index (χ3v) is 4.59. The zero-order valence-corrected chi connectivity index (χ0v) is 15.6. The van der Waals surface area contributed by atoms with E-state index in [0.29, 0.717) is 29.5 Å². The van der Waals surface area contributed by atoms with Gasteiger partial charge in [-0.25, -0.2) is 4.79 Å². The quantitative estimate of drug-likeness (QED) is 0.848. The largest absolute Gasteiger partial charge is 0.482 e. The van der Waals surface area contributed by atoms with Gasteiger partial charge in [-0.1, -0.05) is 29.8 Å². The minimum atomic E-state index is -1.07. The zero-order chi connectivity index (χ0) is 19.4. The van der Waals surface area contributed by atoms with E-state index in [0.717, 1.165) is 5.56 Å². The number of hydrogen-bond acceptors (Lipinski definition) is 4. The van der Waals surface area contributed by atoms with Crippen molar-refractivity contribution in [3.05, 3.63) is 64.7 Å². The fraction of sp³-hybridized carbons (Fsp3) is 0.300. The first-order valence-electron chi connectivity index (χ1n) is 8.56. The Kier molecular flexibility index (Phi) is 5.98. The van der Waals surface area contributed by atoms with Crippen LogP contribution in [0.5, 0.6) is 5.75 Å². The number of aliphatic carboxylic acids is 1. The van der Waals surface area contributed by atoms with Gasteiger partial charge in [-0.3, -0.25) is 4.79 Å². The summed E-state index contributed by atoms with van der Waals surface area (Å²) in [4.78, 5) is 25.4. The van der Waals surface area contributed by atoms with Crippen molar-refractivity contribution < 1.29 is 24.2 Å². The molecule has 0 aromatic heterocycles. The lowest BCUT2D eigenvalue weighted by atomic mass is 10.0. The van der Waals surface area contributed by atoms with Crippen molar-refractivity contribution in [1.82, 2.24) is 4.90 Å². The first-order chi connectivity index (χ1) is 12.9. The van der Waals surface area contributed by atoms with Gasteiger partial charge < -0.3 is 19.5 Å². The molecule has 27 heavy (non-hydrogen) atoms. The first kappa shape index (κ1) is 19.2. The second kappa shape index (κ2) is 8.41. The number of carboxylic acid groups (broad SMARTS) is 1. The van der Waals surface area contributed by atoms with Gasteiger partial charge in [0.1, 0.15) is 11.9 Å². The van der Waals surface area contributed by atoms with Crippen LogP contribution in [0.25, 0.3) is 0 Å². The Hall–Kier alpha value is -2.57. The van der Waals surface area contributed by atoms with Crippen LogP contribution in [-0.2, 0) is 9.53 Å². The van der Waals surface area contributed by atoms with Crippen LogP contribution < -0.4 is 4.74 Å². The van der Waals surface area contributed by atoms with Crippen LogP contribution in [0, 0.1) is 0 Å². The Morgan fingerprint density at radius 2 is 2.04 bits per heavy atom. The summed E-state index contributed by atoms with van der Waals surface area (Å²) in [5.41, 5.74) is 1.36. The molecule has 7 heteroatoms. The predicted octanol–water partition coefficient (Wildman–Crippen LogP) is 3.41. The Morgan fingerprint density at radius 1 is 1.26 bits per heavy atom. The van der Waals surface area contributed by atoms with Gasteiger partial charge in [0.05, 0.1) is 19.2 Å². The number of nitrogens with zero attached hydrogens (tertiary/aromatic N) is 1. The molecule has 6 nitrogen and oxygen atoms in total. The Balaban J connectivity index is 1.76. The van der Waals surface area contributed by atoms with E-state index in [9.17, 15) is 9.59 Å². The van der Waals surface area contributed by atoms with Crippen molar-refractivity contribution in [3.63, 3.8) is 0 Å². The highest BCUT2D eigenvalue weighted by Crippen LogP contribution is 2.28. The van der Waals surface area contributed by atoms with Crippen molar-refractivity contribution in [1.29, 1.82) is 0 Å². The van der Waals surface area contributed by atoms with E-state index >= 15 is 0 Å². The van der Waals surface area contributed by atoms with Crippen LogP contribution in [0.15, 0.2) is 48.5 Å². The molecule has 1 aliphatic rings. The molecule has 1 amide bonds. The van der Waals surface area contributed by atoms with Gasteiger partial charge in [-0.2, -0.15) is 0 Å². The molecule has 1 aliphatic heterocycles. The molecular weight excluding hydrogens is 370 g/mol. The summed E-state index contributed by atoms with van der Waals surface area (Å²) in [5, 5.41) is 9.35. The summed E-state index contributed by atoms with van der Waals surface area (Å²) in [5.74, 6) is -0.882. The molecule has 1 heterocycles. The van der Waals surface area contributed by atoms with Crippen LogP contribution in [0.2, 0.25) is 5.02 Å². The van der Waals surface area contributed by atoms with Crippen molar-refractivity contribution >= 4 is 23.5 Å². The molecule has 2 aromatic carbocycles. The van der Waals surface area contributed by atoms with Gasteiger partial charge in [0.2, 0.25) is 0 Å². The molecule has 0 spiro atoms. The predicted molar refractivity (Wildman–Crippen MR) is 100 cm³/mol. The van der Waals surface area contributed by atoms with Gasteiger partial charge >= 0.3 is 5.97 Å². The number of hydrogen-bond donors (Lipinski definition) is 1. The number of rotatable bonds is 5. The van der Waals surface area contributed by atoms with Crippen LogP contribution >= 0.6 is 11.6 Å². The zero-order valence-electron chi connectivity index (χ0n) is 14.8. The van der Waals surface area contributed by atoms with Gasteiger partial charge in [-0.05, 0) is 42.8 Å². The van der Waals surface area contributed by atoms with Gasteiger partial charge in [0.25, 0.3) is 5.91 Å². The Morgan fingerprint density at radius 3 is 2.78 bits per heavy atom. The highest BCUT2D eigenvalue weighted by Gasteiger charge is 2.31. The SMILES string of the molecule is CC1COC(c2cccc(Cl)c2)CN1C(=O)c1cccc(OCC(=O)O)c1. The third kappa shape index (κ3) is 4.78. The summed E-state index contributed by atoms with van der Waals surface area (Å²) < 4.78 is 11.1. The molecular formula is C20H20ClNO5. The van der Waals surface area contributed by atoms with E-state index in [4.69, 9.17) is 26.2 Å². The minimum absolute atomic E-state index is 0.0865. The lowest BCUT2D eigenvalue weighted by molar-refractivity contribution is -0.139. The number of morpholine rings is 1. The average Bonchev–Trinajstić information content (AvgIpc) is 2.66. The maximum Gasteiger partial charge on any atom is 0.341 e. The highest BCUT2D eigenvalue weighted by atomic mass is 35.5. The molecule has 2 unspecified atom stereocenters. The molecule has 1 saturated heterocycles. The molecule has 2 aromatic rings. The summed E-state index contributed by atoms with van der Waals surface area (Å²) >= 11 is 6.07. The first-order valence-corrected chi connectivity index (χ1v) is 8.94. The van der Waals surface area contributed by atoms with Crippen LogP contribution in [-0.4, -0.2) is 47.7 Å². The maximum atomic E-state index is 13.0. The van der Waals surface area contributed by atoms with Gasteiger partial charge in [0.15, 0.2) is 6.61 Å². The molecule has 0 aliphatic carbocycles. The van der Waals surface area contributed by atoms with Crippen LogP contribution in [0.4, 0.5) is 0 Å². The molecule has 0 saturated carbocycles. The van der Waals surface area contributed by atoms with E-state index in [1.807, 2.05) is 25.1 Å². The number of amides is 1. The van der Waals surface area contributed by atoms with Gasteiger partial charge in [-0.15, -0.1) is 0 Å². The number of carbonyl (C=O) groups is 2. The topological polar surface area (TPSA) is 76.1 Å². The van der Waals surface area contributed by atoms with Crippen LogP contribution in [0.3, 0.4) is 0 Å². The molecule has 2 atom stereocenters. The summed E-state index contributed by atoms with van der Waals surface area (Å²) in [7, 11) is 0. The van der Waals surface area contributed by atoms with Crippen molar-refractivity contribution in [2.24, 2.45) is 0 Å². The fourth-order valence-electron chi connectivity index (χ4n) is 2.98. The summed E-state index contributed by atoms with van der Waals surface area (Å²) in [6.45, 7) is 2.29. The Labute approximate surface area is 162 Å². The molecule has 3 rings (SSSR count). The molecule has 0 bridgehead atoms. The van der Waals surface area contributed by atoms with Crippen LogP contribution in [0.1, 0.15) is 28.9 Å². The fourth-order valence-corrected chi connectivity index (χ4v) is 3.18. The van der Waals surface area contributed by atoms with E-state index in [1.54, 1.807) is 35.2 Å². The van der Waals surface area contributed by atoms with E-state index in [2.05, 4.69) is 0 Å². The number of benzene rings is 2. The minimum Gasteiger partial charge on any atom is -0.482 e. The van der Waals surface area contributed by atoms with Crippen molar-refractivity contribution in [3.8, 4) is 5.75 Å². The standard InChI is InChI=1S/C20H20ClNO5/c1-13-11-27-18(14-4-2-6-16(21)8-14)10-22(13)20(25)15-5-3-7-17(9-15)26-12-19(23)24/h2-9,13,18H,10-12H2,1H3,(H,23,24). The number of halogens is 1. The molecule has 1 fully saturated rings. The maximum absolute atomic E-state index is 13.0. The monoisotopic (exact) mass is 389 g/mol. The second-order valence-electron chi connectivity index (χ2n) is 6.39. The van der Waals surface area contributed by atoms with Crippen molar-refractivity contribution in [2.75, 3.05) is 19.8 Å².